The molecule has 0 saturated heterocycles. The van der Waals surface area contributed by atoms with Crippen molar-refractivity contribution in [2.45, 2.75) is 13.5 Å². The highest BCUT2D eigenvalue weighted by molar-refractivity contribution is 5.94. The lowest BCUT2D eigenvalue weighted by Crippen LogP contribution is -2.37. The van der Waals surface area contributed by atoms with E-state index in [0.29, 0.717) is 6.54 Å². The lowest BCUT2D eigenvalue weighted by molar-refractivity contribution is -0.131. The third-order valence-electron chi connectivity index (χ3n) is 3.91. The first kappa shape index (κ1) is 19.2. The van der Waals surface area contributed by atoms with Crippen LogP contribution in [0.5, 0.6) is 5.75 Å². The summed E-state index contributed by atoms with van der Waals surface area (Å²) in [6, 6.07) is 15.3. The van der Waals surface area contributed by atoms with Gasteiger partial charge in [-0.25, -0.2) is 0 Å². The fraction of sp³-hybridized carbons (Fsp3) is 0.238. The predicted molar refractivity (Wildman–Crippen MR) is 103 cm³/mol. The Kier molecular flexibility index (Phi) is 6.97. The van der Waals surface area contributed by atoms with Crippen LogP contribution in [0.2, 0.25) is 0 Å². The number of methoxy groups -OCH3 is 1. The molecule has 0 heterocycles. The number of nitrogens with zero attached hydrogens (tertiary/aromatic N) is 1. The fourth-order valence-electron chi connectivity index (χ4n) is 2.47. The van der Waals surface area contributed by atoms with Gasteiger partial charge in [0.05, 0.1) is 13.7 Å². The smallest absolute Gasteiger partial charge is 0.244 e. The molecule has 0 spiro atoms. The Labute approximate surface area is 154 Å². The summed E-state index contributed by atoms with van der Waals surface area (Å²) in [6.45, 7) is 2.35. The van der Waals surface area contributed by atoms with Crippen LogP contribution in [0.1, 0.15) is 16.7 Å². The molecule has 5 nitrogen and oxygen atoms in total. The van der Waals surface area contributed by atoms with Gasteiger partial charge in [0.1, 0.15) is 5.75 Å². The zero-order valence-electron chi connectivity index (χ0n) is 15.4. The van der Waals surface area contributed by atoms with Crippen molar-refractivity contribution >= 4 is 17.9 Å². The van der Waals surface area contributed by atoms with E-state index < -0.39 is 0 Å². The molecule has 0 aliphatic carbocycles. The van der Waals surface area contributed by atoms with Crippen LogP contribution in [-0.4, -0.2) is 37.4 Å². The van der Waals surface area contributed by atoms with E-state index in [4.69, 9.17) is 4.74 Å². The molecule has 0 unspecified atom stereocenters. The highest BCUT2D eigenvalue weighted by Crippen LogP contribution is 2.20. The van der Waals surface area contributed by atoms with E-state index in [2.05, 4.69) is 5.32 Å². The van der Waals surface area contributed by atoms with Gasteiger partial charge in [-0.1, -0.05) is 48.0 Å². The largest absolute Gasteiger partial charge is 0.496 e. The predicted octanol–water partition coefficient (Wildman–Crippen LogP) is 2.79. The molecule has 0 saturated carbocycles. The Hall–Kier alpha value is -3.08. The van der Waals surface area contributed by atoms with Gasteiger partial charge in [0.25, 0.3) is 0 Å². The minimum absolute atomic E-state index is 0.0530. The SMILES string of the molecule is COc1ccc(C)cc1CN(C)C(=O)CNC(=O)/C=C/c1ccccc1. The molecular formula is C21H24N2O3. The summed E-state index contributed by atoms with van der Waals surface area (Å²) < 4.78 is 5.34. The summed E-state index contributed by atoms with van der Waals surface area (Å²) in [4.78, 5) is 25.7. The van der Waals surface area contributed by atoms with Crippen molar-refractivity contribution in [3.8, 4) is 5.75 Å². The number of ether oxygens (including phenoxy) is 1. The number of nitrogens with one attached hydrogen (secondary N) is 1. The monoisotopic (exact) mass is 352 g/mol. The summed E-state index contributed by atoms with van der Waals surface area (Å²) in [5, 5.41) is 2.61. The third-order valence-corrected chi connectivity index (χ3v) is 3.91. The van der Waals surface area contributed by atoms with Crippen LogP contribution in [0.3, 0.4) is 0 Å². The van der Waals surface area contributed by atoms with E-state index in [9.17, 15) is 9.59 Å². The Bertz CT molecular complexity index is 785. The number of carbonyl (C=O) groups is 2. The van der Waals surface area contributed by atoms with Gasteiger partial charge in [0, 0.05) is 25.2 Å². The van der Waals surface area contributed by atoms with E-state index in [1.807, 2.05) is 55.5 Å². The number of aryl methyl sites for hydroxylation is 1. The molecule has 1 N–H and O–H groups in total. The van der Waals surface area contributed by atoms with Crippen molar-refractivity contribution in [2.24, 2.45) is 0 Å². The van der Waals surface area contributed by atoms with Crippen LogP contribution in [0.15, 0.2) is 54.6 Å². The van der Waals surface area contributed by atoms with Gasteiger partial charge in [-0.05, 0) is 24.6 Å². The minimum Gasteiger partial charge on any atom is -0.496 e. The number of hydrogen-bond acceptors (Lipinski definition) is 3. The van der Waals surface area contributed by atoms with Gasteiger partial charge >= 0.3 is 0 Å². The first-order valence-corrected chi connectivity index (χ1v) is 8.38. The van der Waals surface area contributed by atoms with Crippen molar-refractivity contribution in [1.29, 1.82) is 0 Å². The number of benzene rings is 2. The average molecular weight is 352 g/mol. The fourth-order valence-corrected chi connectivity index (χ4v) is 2.47. The van der Waals surface area contributed by atoms with Gasteiger partial charge in [0.15, 0.2) is 0 Å². The summed E-state index contributed by atoms with van der Waals surface area (Å²) in [5.74, 6) is 0.267. The second-order valence-electron chi connectivity index (χ2n) is 6.03. The second kappa shape index (κ2) is 9.42. The molecule has 0 fully saturated rings. The zero-order valence-corrected chi connectivity index (χ0v) is 15.4. The highest BCUT2D eigenvalue weighted by atomic mass is 16.5. The molecule has 136 valence electrons. The van der Waals surface area contributed by atoms with Gasteiger partial charge in [-0.15, -0.1) is 0 Å². The quantitative estimate of drug-likeness (QED) is 0.780. The number of hydrogen-bond donors (Lipinski definition) is 1. The number of likely N-dealkylation sites (N-methyl/N-ethyl adjacent to an activating group) is 1. The number of amides is 2. The van der Waals surface area contributed by atoms with Crippen LogP contribution in [0.4, 0.5) is 0 Å². The molecule has 26 heavy (non-hydrogen) atoms. The van der Waals surface area contributed by atoms with Crippen molar-refractivity contribution < 1.29 is 14.3 Å². The lowest BCUT2D eigenvalue weighted by atomic mass is 10.1. The van der Waals surface area contributed by atoms with Gasteiger partial charge in [-0.2, -0.15) is 0 Å². The van der Waals surface area contributed by atoms with Gasteiger partial charge < -0.3 is 15.0 Å². The second-order valence-corrected chi connectivity index (χ2v) is 6.03. The number of rotatable bonds is 7. The van der Waals surface area contributed by atoms with Crippen LogP contribution in [0, 0.1) is 6.92 Å². The molecule has 0 radical (unpaired) electrons. The van der Waals surface area contributed by atoms with E-state index in [1.54, 1.807) is 25.1 Å². The van der Waals surface area contributed by atoms with Crippen LogP contribution >= 0.6 is 0 Å². The van der Waals surface area contributed by atoms with E-state index >= 15 is 0 Å². The molecule has 2 amide bonds. The van der Waals surface area contributed by atoms with Crippen LogP contribution in [-0.2, 0) is 16.1 Å². The summed E-state index contributed by atoms with van der Waals surface area (Å²) in [7, 11) is 3.31. The first-order chi connectivity index (χ1) is 12.5. The van der Waals surface area contributed by atoms with Crippen LogP contribution in [0.25, 0.3) is 6.08 Å². The molecule has 0 aromatic heterocycles. The molecule has 5 heteroatoms. The number of carbonyl (C=O) groups excluding carboxylic acids is 2. The topological polar surface area (TPSA) is 58.6 Å². The normalized spacial score (nSPS) is 10.6. The Morgan fingerprint density at radius 3 is 2.58 bits per heavy atom. The van der Waals surface area contributed by atoms with Crippen molar-refractivity contribution in [3.05, 3.63) is 71.3 Å². The molecule has 0 atom stereocenters. The van der Waals surface area contributed by atoms with E-state index in [0.717, 1.165) is 22.4 Å². The molecule has 2 aromatic rings. The van der Waals surface area contributed by atoms with Crippen molar-refractivity contribution in [1.82, 2.24) is 10.2 Å². The highest BCUT2D eigenvalue weighted by Gasteiger charge is 2.12. The summed E-state index contributed by atoms with van der Waals surface area (Å²) in [5.41, 5.74) is 2.96. The maximum atomic E-state index is 12.3. The summed E-state index contributed by atoms with van der Waals surface area (Å²) >= 11 is 0. The van der Waals surface area contributed by atoms with E-state index in [1.165, 1.54) is 6.08 Å². The molecular weight excluding hydrogens is 328 g/mol. The van der Waals surface area contributed by atoms with Gasteiger partial charge in [-0.3, -0.25) is 9.59 Å². The Morgan fingerprint density at radius 1 is 1.15 bits per heavy atom. The first-order valence-electron chi connectivity index (χ1n) is 8.38. The molecule has 0 bridgehead atoms. The minimum atomic E-state index is -0.302. The molecule has 2 aromatic carbocycles. The maximum absolute atomic E-state index is 12.3. The van der Waals surface area contributed by atoms with Gasteiger partial charge in [0.2, 0.25) is 11.8 Å². The standard InChI is InChI=1S/C21H24N2O3/c1-16-9-11-19(26-3)18(13-16)15-23(2)21(25)14-22-20(24)12-10-17-7-5-4-6-8-17/h4-13H,14-15H2,1-3H3,(H,22,24)/b12-10+. The molecule has 2 rings (SSSR count). The van der Waals surface area contributed by atoms with Crippen molar-refractivity contribution in [2.75, 3.05) is 20.7 Å². The third kappa shape index (κ3) is 5.77. The van der Waals surface area contributed by atoms with E-state index in [-0.39, 0.29) is 18.4 Å². The van der Waals surface area contributed by atoms with Crippen LogP contribution < -0.4 is 10.1 Å². The Balaban J connectivity index is 1.86. The Morgan fingerprint density at radius 2 is 1.88 bits per heavy atom. The molecule has 0 aliphatic heterocycles. The lowest BCUT2D eigenvalue weighted by Gasteiger charge is -2.19. The van der Waals surface area contributed by atoms with Crippen molar-refractivity contribution in [3.63, 3.8) is 0 Å². The zero-order chi connectivity index (χ0) is 18.9. The molecule has 0 aliphatic rings. The maximum Gasteiger partial charge on any atom is 0.244 e. The summed E-state index contributed by atoms with van der Waals surface area (Å²) in [6.07, 6.45) is 3.13. The average Bonchev–Trinajstić information content (AvgIpc) is 2.65.